The summed E-state index contributed by atoms with van der Waals surface area (Å²) in [6.07, 6.45) is 5.32. The van der Waals surface area contributed by atoms with Gasteiger partial charge in [0.1, 0.15) is 5.82 Å². The van der Waals surface area contributed by atoms with Crippen molar-refractivity contribution >= 4 is 11.3 Å². The summed E-state index contributed by atoms with van der Waals surface area (Å²) in [5, 5.41) is 1.77. The minimum atomic E-state index is -0.148. The first kappa shape index (κ1) is 13.5. The molecule has 3 unspecified atom stereocenters. The first-order chi connectivity index (χ1) is 9.13. The van der Waals surface area contributed by atoms with Crippen molar-refractivity contribution in [1.82, 2.24) is 0 Å². The number of hydrogen-bond donors (Lipinski definition) is 0. The number of fused-ring (bicyclic) bond motifs is 2. The summed E-state index contributed by atoms with van der Waals surface area (Å²) in [5.74, 6) is -0.148. The smallest absolute Gasteiger partial charge is 0.139 e. The maximum Gasteiger partial charge on any atom is 0.139 e. The Hall–Kier alpha value is -0.450. The lowest BCUT2D eigenvalue weighted by Gasteiger charge is -2.31. The van der Waals surface area contributed by atoms with Gasteiger partial charge in [-0.1, -0.05) is 13.8 Å². The molecule has 19 heavy (non-hydrogen) atoms. The van der Waals surface area contributed by atoms with E-state index < -0.39 is 0 Å². The van der Waals surface area contributed by atoms with Crippen molar-refractivity contribution in [3.63, 3.8) is 0 Å². The summed E-state index contributed by atoms with van der Waals surface area (Å²) in [7, 11) is 0. The second kappa shape index (κ2) is 4.83. The molecule has 0 amide bonds. The fourth-order valence-corrected chi connectivity index (χ4v) is 4.22. The molecule has 1 aromatic rings. The Balaban J connectivity index is 1.70. The van der Waals surface area contributed by atoms with Gasteiger partial charge >= 0.3 is 0 Å². The van der Waals surface area contributed by atoms with Gasteiger partial charge < -0.3 is 9.47 Å². The highest BCUT2D eigenvalue weighted by molar-refractivity contribution is 7.09. The molecule has 0 aromatic carbocycles. The van der Waals surface area contributed by atoms with Gasteiger partial charge in [-0.3, -0.25) is 0 Å². The average molecular weight is 284 g/mol. The van der Waals surface area contributed by atoms with Crippen LogP contribution in [-0.2, 0) is 16.1 Å². The van der Waals surface area contributed by atoms with E-state index in [4.69, 9.17) is 9.47 Å². The fraction of sp³-hybridized carbons (Fsp3) is 0.733. The third kappa shape index (κ3) is 2.14. The zero-order valence-electron chi connectivity index (χ0n) is 11.6. The number of thiophene rings is 1. The SMILES string of the molecule is CCC12CCC(CC)(O1)C(OCc1sccc1F)C2. The van der Waals surface area contributed by atoms with Gasteiger partial charge in [0, 0.05) is 6.42 Å². The number of ether oxygens (including phenoxy) is 2. The second-order valence-corrected chi connectivity index (χ2v) is 6.75. The van der Waals surface area contributed by atoms with E-state index in [1.165, 1.54) is 17.4 Å². The van der Waals surface area contributed by atoms with Crippen LogP contribution >= 0.6 is 11.3 Å². The number of rotatable bonds is 5. The molecule has 2 saturated heterocycles. The Kier molecular flexibility index (Phi) is 3.44. The van der Waals surface area contributed by atoms with E-state index in [0.717, 1.165) is 32.1 Å². The predicted molar refractivity (Wildman–Crippen MR) is 73.8 cm³/mol. The molecule has 3 rings (SSSR count). The van der Waals surface area contributed by atoms with Gasteiger partial charge in [0.25, 0.3) is 0 Å². The molecule has 3 heterocycles. The molecule has 0 spiro atoms. The summed E-state index contributed by atoms with van der Waals surface area (Å²) in [6, 6.07) is 1.50. The lowest BCUT2D eigenvalue weighted by Crippen LogP contribution is -2.39. The van der Waals surface area contributed by atoms with Crippen LogP contribution in [0.2, 0.25) is 0 Å². The van der Waals surface area contributed by atoms with Crippen molar-refractivity contribution in [3.05, 3.63) is 22.1 Å². The van der Waals surface area contributed by atoms with Crippen LogP contribution in [0, 0.1) is 5.82 Å². The molecule has 2 nitrogen and oxygen atoms in total. The summed E-state index contributed by atoms with van der Waals surface area (Å²) >= 11 is 1.42. The first-order valence-corrected chi connectivity index (χ1v) is 8.05. The van der Waals surface area contributed by atoms with Gasteiger partial charge in [-0.05, 0) is 37.1 Å². The van der Waals surface area contributed by atoms with E-state index >= 15 is 0 Å². The maximum absolute atomic E-state index is 13.4. The Labute approximate surface area is 117 Å². The summed E-state index contributed by atoms with van der Waals surface area (Å²) in [4.78, 5) is 0.694. The van der Waals surface area contributed by atoms with E-state index in [1.54, 1.807) is 5.38 Å². The van der Waals surface area contributed by atoms with Crippen molar-refractivity contribution < 1.29 is 13.9 Å². The zero-order valence-corrected chi connectivity index (χ0v) is 12.4. The molecule has 106 valence electrons. The minimum absolute atomic E-state index is 0.0225. The summed E-state index contributed by atoms with van der Waals surface area (Å²) in [6.45, 7) is 4.73. The van der Waals surface area contributed by atoms with E-state index in [1.807, 2.05) is 0 Å². The quantitative estimate of drug-likeness (QED) is 0.803. The third-order valence-electron chi connectivity index (χ3n) is 4.92. The van der Waals surface area contributed by atoms with Crippen LogP contribution in [0.5, 0.6) is 0 Å². The van der Waals surface area contributed by atoms with Crippen LogP contribution in [0.25, 0.3) is 0 Å². The molecule has 2 aliphatic heterocycles. The van der Waals surface area contributed by atoms with Gasteiger partial charge in [0.05, 0.1) is 28.8 Å². The van der Waals surface area contributed by atoms with Gasteiger partial charge in [0.2, 0.25) is 0 Å². The standard InChI is InChI=1S/C15H21FO2S/c1-3-14-6-7-15(4-2,18-14)13(9-14)17-10-12-11(16)5-8-19-12/h5,8,13H,3-4,6-7,9-10H2,1-2H3. The largest absolute Gasteiger partial charge is 0.369 e. The van der Waals surface area contributed by atoms with E-state index in [9.17, 15) is 4.39 Å². The van der Waals surface area contributed by atoms with Gasteiger partial charge in [-0.15, -0.1) is 11.3 Å². The summed E-state index contributed by atoms with van der Waals surface area (Å²) in [5.41, 5.74) is -0.0988. The molecular weight excluding hydrogens is 263 g/mol. The van der Waals surface area contributed by atoms with Crippen LogP contribution in [0.15, 0.2) is 11.4 Å². The van der Waals surface area contributed by atoms with Crippen molar-refractivity contribution in [2.45, 2.75) is 69.9 Å². The van der Waals surface area contributed by atoms with Crippen LogP contribution in [0.1, 0.15) is 50.8 Å². The third-order valence-corrected chi connectivity index (χ3v) is 5.79. The molecule has 1 aromatic heterocycles. The molecule has 0 radical (unpaired) electrons. The molecule has 4 heteroatoms. The second-order valence-electron chi connectivity index (χ2n) is 5.75. The Bertz CT molecular complexity index is 461. The van der Waals surface area contributed by atoms with Crippen LogP contribution in [-0.4, -0.2) is 17.3 Å². The maximum atomic E-state index is 13.4. The highest BCUT2D eigenvalue weighted by Crippen LogP contribution is 2.55. The topological polar surface area (TPSA) is 18.5 Å². The lowest BCUT2D eigenvalue weighted by molar-refractivity contribution is -0.0994. The zero-order chi connectivity index (χ0) is 13.5. The van der Waals surface area contributed by atoms with E-state index in [0.29, 0.717) is 11.5 Å². The molecule has 0 saturated carbocycles. The van der Waals surface area contributed by atoms with Crippen LogP contribution < -0.4 is 0 Å². The summed E-state index contributed by atoms with van der Waals surface area (Å²) < 4.78 is 25.8. The van der Waals surface area contributed by atoms with Gasteiger partial charge in [-0.25, -0.2) is 4.39 Å². The molecule has 2 aliphatic rings. The molecule has 2 fully saturated rings. The van der Waals surface area contributed by atoms with Crippen molar-refractivity contribution in [3.8, 4) is 0 Å². The fourth-order valence-electron chi connectivity index (χ4n) is 3.55. The van der Waals surface area contributed by atoms with Gasteiger partial charge in [0.15, 0.2) is 0 Å². The van der Waals surface area contributed by atoms with Crippen molar-refractivity contribution in [2.75, 3.05) is 0 Å². The van der Waals surface area contributed by atoms with Gasteiger partial charge in [-0.2, -0.15) is 0 Å². The molecule has 3 atom stereocenters. The Morgan fingerprint density at radius 1 is 1.42 bits per heavy atom. The molecule has 0 aliphatic carbocycles. The first-order valence-electron chi connectivity index (χ1n) is 7.17. The minimum Gasteiger partial charge on any atom is -0.369 e. The van der Waals surface area contributed by atoms with E-state index in [2.05, 4.69) is 13.8 Å². The van der Waals surface area contributed by atoms with Crippen LogP contribution in [0.3, 0.4) is 0 Å². The number of halogens is 1. The van der Waals surface area contributed by atoms with Crippen LogP contribution in [0.4, 0.5) is 4.39 Å². The lowest BCUT2D eigenvalue weighted by atomic mass is 9.77. The highest BCUT2D eigenvalue weighted by atomic mass is 32.1. The number of hydrogen-bond acceptors (Lipinski definition) is 3. The molecular formula is C15H21FO2S. The molecule has 0 N–H and O–H groups in total. The molecule has 2 bridgehead atoms. The van der Waals surface area contributed by atoms with E-state index in [-0.39, 0.29) is 23.1 Å². The monoisotopic (exact) mass is 284 g/mol. The van der Waals surface area contributed by atoms with Crippen molar-refractivity contribution in [2.24, 2.45) is 0 Å². The Morgan fingerprint density at radius 2 is 2.26 bits per heavy atom. The van der Waals surface area contributed by atoms with Crippen molar-refractivity contribution in [1.29, 1.82) is 0 Å². The highest BCUT2D eigenvalue weighted by Gasteiger charge is 2.60. The predicted octanol–water partition coefficient (Wildman–Crippen LogP) is 4.28. The normalized spacial score (nSPS) is 37.1. The average Bonchev–Trinajstić information content (AvgIpc) is 3.09. The Morgan fingerprint density at radius 3 is 2.89 bits per heavy atom.